The summed E-state index contributed by atoms with van der Waals surface area (Å²) in [7, 11) is 1.16. The molecule has 0 radical (unpaired) electrons. The van der Waals surface area contributed by atoms with Gasteiger partial charge in [-0.25, -0.2) is 4.79 Å². The molecule has 0 aromatic carbocycles. The van der Waals surface area contributed by atoms with Crippen LogP contribution in [-0.2, 0) is 28.5 Å². The SMILES string of the molecule is COC(=O)C1=CO[C@@H](O[C@@H]2O[C@H](CO)[C@@H](O)[C@H](O)[C@H]2O)[C@@H]2[C@H](CO)CC(=O)[C@H]12. The zero-order valence-electron chi connectivity index (χ0n) is 15.1. The molecular weight excluding hydrogens is 380 g/mol. The molecule has 2 aliphatic heterocycles. The van der Waals surface area contributed by atoms with E-state index in [0.29, 0.717) is 0 Å². The highest BCUT2D eigenvalue weighted by Gasteiger charge is 2.55. The summed E-state index contributed by atoms with van der Waals surface area (Å²) in [4.78, 5) is 24.4. The lowest BCUT2D eigenvalue weighted by Gasteiger charge is -2.42. The molecule has 2 heterocycles. The quantitative estimate of drug-likeness (QED) is 0.296. The van der Waals surface area contributed by atoms with Crippen molar-refractivity contribution >= 4 is 11.8 Å². The number of esters is 1. The summed E-state index contributed by atoms with van der Waals surface area (Å²) in [5.41, 5.74) is 0.00195. The van der Waals surface area contributed by atoms with Crippen LogP contribution in [-0.4, -0.2) is 94.6 Å². The van der Waals surface area contributed by atoms with E-state index in [1.165, 1.54) is 0 Å². The Labute approximate surface area is 160 Å². The maximum absolute atomic E-state index is 12.4. The monoisotopic (exact) mass is 404 g/mol. The predicted molar refractivity (Wildman–Crippen MR) is 87.0 cm³/mol. The van der Waals surface area contributed by atoms with E-state index in [4.69, 9.17) is 14.2 Å². The van der Waals surface area contributed by atoms with E-state index in [1.54, 1.807) is 0 Å². The Bertz CT molecular complexity index is 633. The maximum atomic E-state index is 12.4. The molecule has 0 aromatic heterocycles. The Hall–Kier alpha value is -1.60. The van der Waals surface area contributed by atoms with E-state index < -0.39 is 67.3 Å². The van der Waals surface area contributed by atoms with Gasteiger partial charge in [-0.05, 0) is 5.92 Å². The Morgan fingerprint density at radius 2 is 1.86 bits per heavy atom. The number of methoxy groups -OCH3 is 1. The highest BCUT2D eigenvalue weighted by molar-refractivity contribution is 5.99. The van der Waals surface area contributed by atoms with Crippen LogP contribution in [0.5, 0.6) is 0 Å². The summed E-state index contributed by atoms with van der Waals surface area (Å²) in [6, 6.07) is 0. The standard InChI is InChI=1S/C17H24O11/c1-25-15(24)7-5-26-16(10-6(3-18)2-8(20)11(7)10)28-17-14(23)13(22)12(21)9(4-19)27-17/h5-6,9-14,16-19,21-23H,2-4H2,1H3/t6-,9+,10+,11-,12+,13-,14+,16-,17-/m0/s1. The molecule has 1 saturated carbocycles. The van der Waals surface area contributed by atoms with Gasteiger partial charge in [0.25, 0.3) is 0 Å². The number of fused-ring (bicyclic) bond motifs is 1. The van der Waals surface area contributed by atoms with E-state index in [0.717, 1.165) is 13.4 Å². The van der Waals surface area contributed by atoms with Crippen molar-refractivity contribution in [3.05, 3.63) is 11.8 Å². The number of rotatable bonds is 5. The second kappa shape index (κ2) is 8.41. The lowest BCUT2D eigenvalue weighted by molar-refractivity contribution is -0.342. The van der Waals surface area contributed by atoms with Gasteiger partial charge in [0.2, 0.25) is 6.29 Å². The largest absolute Gasteiger partial charge is 0.472 e. The number of aliphatic hydroxyl groups is 5. The zero-order chi connectivity index (χ0) is 20.6. The molecule has 158 valence electrons. The Kier molecular flexibility index (Phi) is 6.34. The van der Waals surface area contributed by atoms with Gasteiger partial charge in [0.05, 0.1) is 31.5 Å². The number of ether oxygens (including phenoxy) is 4. The van der Waals surface area contributed by atoms with E-state index in [9.17, 15) is 35.1 Å². The van der Waals surface area contributed by atoms with Crippen LogP contribution in [0.4, 0.5) is 0 Å². The van der Waals surface area contributed by atoms with Crippen LogP contribution in [0.2, 0.25) is 0 Å². The van der Waals surface area contributed by atoms with E-state index >= 15 is 0 Å². The molecule has 3 aliphatic rings. The van der Waals surface area contributed by atoms with Crippen molar-refractivity contribution in [2.45, 2.75) is 43.4 Å². The maximum Gasteiger partial charge on any atom is 0.337 e. The lowest BCUT2D eigenvalue weighted by atomic mass is 9.82. The van der Waals surface area contributed by atoms with Crippen LogP contribution in [0.3, 0.4) is 0 Å². The van der Waals surface area contributed by atoms with Crippen LogP contribution in [0, 0.1) is 17.8 Å². The van der Waals surface area contributed by atoms with Crippen molar-refractivity contribution in [2.24, 2.45) is 17.8 Å². The Morgan fingerprint density at radius 3 is 2.46 bits per heavy atom. The molecule has 0 spiro atoms. The number of carbonyl (C=O) groups excluding carboxylic acids is 2. The van der Waals surface area contributed by atoms with Crippen molar-refractivity contribution in [3.63, 3.8) is 0 Å². The van der Waals surface area contributed by atoms with Crippen LogP contribution < -0.4 is 0 Å². The molecule has 1 aliphatic carbocycles. The van der Waals surface area contributed by atoms with E-state index in [1.807, 2.05) is 0 Å². The first-order chi connectivity index (χ1) is 13.3. The van der Waals surface area contributed by atoms with Gasteiger partial charge in [0.15, 0.2) is 6.29 Å². The molecule has 2 fully saturated rings. The second-order valence-electron chi connectivity index (χ2n) is 7.07. The van der Waals surface area contributed by atoms with E-state index in [-0.39, 0.29) is 24.4 Å². The molecule has 11 nitrogen and oxygen atoms in total. The van der Waals surface area contributed by atoms with Gasteiger partial charge < -0.3 is 44.5 Å². The number of hydrogen-bond donors (Lipinski definition) is 5. The normalized spacial score (nSPS) is 43.1. The molecule has 0 unspecified atom stereocenters. The van der Waals surface area contributed by atoms with E-state index in [2.05, 4.69) is 4.74 Å². The van der Waals surface area contributed by atoms with Crippen LogP contribution >= 0.6 is 0 Å². The average molecular weight is 404 g/mol. The van der Waals surface area contributed by atoms with Gasteiger partial charge in [0.1, 0.15) is 30.2 Å². The summed E-state index contributed by atoms with van der Waals surface area (Å²) in [6.45, 7) is -0.994. The second-order valence-corrected chi connectivity index (χ2v) is 7.07. The molecule has 11 heteroatoms. The van der Waals surface area contributed by atoms with Crippen molar-refractivity contribution < 1.29 is 54.1 Å². The first kappa shape index (κ1) is 21.1. The molecule has 28 heavy (non-hydrogen) atoms. The summed E-state index contributed by atoms with van der Waals surface area (Å²) in [5.74, 6) is -3.28. The van der Waals surface area contributed by atoms with Crippen LogP contribution in [0.25, 0.3) is 0 Å². The average Bonchev–Trinajstić information content (AvgIpc) is 3.05. The topological polar surface area (TPSA) is 172 Å². The highest BCUT2D eigenvalue weighted by Crippen LogP contribution is 2.45. The van der Waals surface area contributed by atoms with Gasteiger partial charge in [-0.15, -0.1) is 0 Å². The summed E-state index contributed by atoms with van der Waals surface area (Å²) in [6.07, 6.45) is -7.66. The third-order valence-electron chi connectivity index (χ3n) is 5.49. The van der Waals surface area contributed by atoms with Gasteiger partial charge >= 0.3 is 5.97 Å². The fraction of sp³-hybridized carbons (Fsp3) is 0.765. The van der Waals surface area contributed by atoms with Gasteiger partial charge in [-0.3, -0.25) is 4.79 Å². The first-order valence-electron chi connectivity index (χ1n) is 8.87. The third-order valence-corrected chi connectivity index (χ3v) is 5.49. The number of aliphatic hydroxyl groups excluding tert-OH is 5. The van der Waals surface area contributed by atoms with Crippen molar-refractivity contribution in [1.82, 2.24) is 0 Å². The van der Waals surface area contributed by atoms with Gasteiger partial charge in [-0.1, -0.05) is 0 Å². The highest BCUT2D eigenvalue weighted by atomic mass is 16.8. The Balaban J connectivity index is 1.84. The minimum atomic E-state index is -1.66. The van der Waals surface area contributed by atoms with Gasteiger partial charge in [-0.2, -0.15) is 0 Å². The summed E-state index contributed by atoms with van der Waals surface area (Å²) in [5, 5.41) is 48.8. The number of Topliss-reactive ketones (excluding diaryl/α,β-unsaturated/α-hetero) is 1. The Morgan fingerprint density at radius 1 is 1.14 bits per heavy atom. The fourth-order valence-corrected chi connectivity index (χ4v) is 3.99. The number of hydrogen-bond acceptors (Lipinski definition) is 11. The molecular formula is C17H24O11. The molecule has 3 rings (SSSR count). The lowest BCUT2D eigenvalue weighted by Crippen LogP contribution is -2.60. The van der Waals surface area contributed by atoms with Crippen LogP contribution in [0.15, 0.2) is 11.8 Å². The summed E-state index contributed by atoms with van der Waals surface area (Å²) < 4.78 is 21.0. The van der Waals surface area contributed by atoms with Gasteiger partial charge in [0, 0.05) is 18.9 Å². The molecule has 5 N–H and O–H groups in total. The number of carbonyl (C=O) groups is 2. The molecule has 9 atom stereocenters. The summed E-state index contributed by atoms with van der Waals surface area (Å²) >= 11 is 0. The third kappa shape index (κ3) is 3.54. The minimum absolute atomic E-state index is 0.00192. The smallest absolute Gasteiger partial charge is 0.337 e. The zero-order valence-corrected chi connectivity index (χ0v) is 15.1. The molecule has 0 amide bonds. The molecule has 1 saturated heterocycles. The van der Waals surface area contributed by atoms with Crippen LogP contribution in [0.1, 0.15) is 6.42 Å². The molecule has 0 bridgehead atoms. The number of ketones is 1. The predicted octanol–water partition coefficient (Wildman–Crippen LogP) is -2.97. The van der Waals surface area contributed by atoms with Crippen molar-refractivity contribution in [2.75, 3.05) is 20.3 Å². The van der Waals surface area contributed by atoms with Crippen molar-refractivity contribution in [1.29, 1.82) is 0 Å². The molecule has 0 aromatic rings. The minimum Gasteiger partial charge on any atom is -0.472 e. The van der Waals surface area contributed by atoms with Crippen molar-refractivity contribution in [3.8, 4) is 0 Å². The fourth-order valence-electron chi connectivity index (χ4n) is 3.99. The first-order valence-corrected chi connectivity index (χ1v) is 8.87.